The normalized spacial score (nSPS) is 12.5. The largest absolute Gasteiger partial charge is 0.444 e. The molecular formula is C72H82N8O10S2. The van der Waals surface area contributed by atoms with Crippen molar-refractivity contribution in [3.8, 4) is 0 Å². The molecule has 0 spiro atoms. The average Bonchev–Trinajstić information content (AvgIpc) is 0.741. The molecule has 0 saturated heterocycles. The molecule has 6 amide bonds. The molecule has 0 aliphatic heterocycles. The van der Waals surface area contributed by atoms with Crippen LogP contribution in [0.2, 0.25) is 0 Å². The Hall–Kier alpha value is -9.08. The first-order valence-electron chi connectivity index (χ1n) is 30.0. The van der Waals surface area contributed by atoms with Crippen molar-refractivity contribution in [1.29, 1.82) is 0 Å². The van der Waals surface area contributed by atoms with Gasteiger partial charge in [0.05, 0.1) is 33.7 Å². The maximum atomic E-state index is 17.0. The van der Waals surface area contributed by atoms with E-state index in [0.29, 0.717) is 9.80 Å². The predicted molar refractivity (Wildman–Crippen MR) is 363 cm³/mol. The molecular weight excluding hydrogens is 1200 g/mol. The topological polar surface area (TPSA) is 247 Å². The number of guanidine groups is 2. The van der Waals surface area contributed by atoms with Gasteiger partial charge in [-0.15, -0.1) is 23.5 Å². The molecule has 92 heavy (non-hydrogen) atoms. The number of benzene rings is 7. The lowest BCUT2D eigenvalue weighted by atomic mass is 9.84. The fourth-order valence-corrected chi connectivity index (χ4v) is 12.7. The lowest BCUT2D eigenvalue weighted by Crippen LogP contribution is -2.53. The molecule has 20 heteroatoms. The fraction of sp³-hybridized carbons (Fsp3) is 0.306. The van der Waals surface area contributed by atoms with Gasteiger partial charge in [-0.3, -0.25) is 30.2 Å². The number of thioether (sulfide) groups is 2. The number of carbonyl (C=O) groups excluding carboxylic acids is 6. The van der Waals surface area contributed by atoms with Crippen molar-refractivity contribution in [2.45, 2.75) is 125 Å². The zero-order chi connectivity index (χ0) is 67.1. The fourth-order valence-electron chi connectivity index (χ4n) is 9.63. The summed E-state index contributed by atoms with van der Waals surface area (Å²) in [5.41, 5.74) is 11.4. The predicted octanol–water partition coefficient (Wildman–Crippen LogP) is 14.3. The van der Waals surface area contributed by atoms with E-state index in [0.717, 1.165) is 56.9 Å². The van der Waals surface area contributed by atoms with Crippen molar-refractivity contribution >= 4 is 71.6 Å². The summed E-state index contributed by atoms with van der Waals surface area (Å²) < 4.78 is 20.9. The van der Waals surface area contributed by atoms with Gasteiger partial charge in [0.2, 0.25) is 11.9 Å². The third kappa shape index (κ3) is 18.1. The minimum absolute atomic E-state index is 0.0395. The molecule has 0 fully saturated rings. The van der Waals surface area contributed by atoms with E-state index >= 15 is 19.2 Å². The van der Waals surface area contributed by atoms with E-state index in [4.69, 9.17) is 30.4 Å². The number of amides is 6. The van der Waals surface area contributed by atoms with Gasteiger partial charge >= 0.3 is 24.4 Å². The van der Waals surface area contributed by atoms with Crippen LogP contribution in [0.15, 0.2) is 214 Å². The van der Waals surface area contributed by atoms with Crippen molar-refractivity contribution in [2.24, 2.45) is 21.5 Å². The number of imide groups is 2. The summed E-state index contributed by atoms with van der Waals surface area (Å²) in [6.45, 7) is 19.0. The van der Waals surface area contributed by atoms with E-state index in [9.17, 15) is 9.59 Å². The molecule has 6 N–H and O–H groups in total. The number of nitrogens with two attached hydrogens (primary N) is 2. The van der Waals surface area contributed by atoms with Crippen molar-refractivity contribution in [2.75, 3.05) is 26.2 Å². The number of aliphatic imine (C=N–C) groups is 2. The number of hydrogen-bond acceptors (Lipinski definition) is 16. The second-order valence-corrected chi connectivity index (χ2v) is 27.6. The molecule has 0 radical (unpaired) electrons. The molecule has 18 nitrogen and oxygen atoms in total. The van der Waals surface area contributed by atoms with E-state index < -0.39 is 80.0 Å². The lowest BCUT2D eigenvalue weighted by Gasteiger charge is -2.38. The number of ether oxygens (including phenoxy) is 4. The van der Waals surface area contributed by atoms with Crippen LogP contribution in [-0.2, 0) is 28.4 Å². The molecule has 7 aromatic rings. The Kier molecular flexibility index (Phi) is 23.2. The van der Waals surface area contributed by atoms with Crippen molar-refractivity contribution < 1.29 is 47.7 Å². The Morgan fingerprint density at radius 3 is 0.815 bits per heavy atom. The Morgan fingerprint density at radius 1 is 0.380 bits per heavy atom. The van der Waals surface area contributed by atoms with Gasteiger partial charge in [-0.2, -0.15) is 9.80 Å². The minimum Gasteiger partial charge on any atom is -0.444 e. The molecule has 0 bridgehead atoms. The SMILES string of the molecule is CC(C)(C)OC(=O)NC(=NCCN)N(C(=O)OC(C)(C)C)C(=O)c1cc(SC(c2ccccc2)(c2ccccc2)c2ccccc2)c(C(=O)N(C(=O)OC(C)(C)C)C(=NCCN)NC(=O)OC(C)(C)C)cc1SC(c1ccccc1)(c1ccccc1)c1ccccc1. The summed E-state index contributed by atoms with van der Waals surface area (Å²) in [6.07, 6.45) is -4.63. The maximum absolute atomic E-state index is 17.0. The highest BCUT2D eigenvalue weighted by molar-refractivity contribution is 8.01. The molecule has 0 aliphatic rings. The van der Waals surface area contributed by atoms with Crippen LogP contribution in [0.25, 0.3) is 0 Å². The van der Waals surface area contributed by atoms with Gasteiger partial charge < -0.3 is 30.4 Å². The molecule has 0 saturated carbocycles. The third-order valence-electron chi connectivity index (χ3n) is 13.1. The molecule has 0 unspecified atom stereocenters. The lowest BCUT2D eigenvalue weighted by molar-refractivity contribution is 0.0315. The van der Waals surface area contributed by atoms with E-state index in [1.165, 1.54) is 12.1 Å². The van der Waals surface area contributed by atoms with Crippen LogP contribution in [-0.4, -0.2) is 106 Å². The zero-order valence-electron chi connectivity index (χ0n) is 54.1. The van der Waals surface area contributed by atoms with Crippen LogP contribution in [0.4, 0.5) is 19.2 Å². The Morgan fingerprint density at radius 2 is 0.609 bits per heavy atom. The summed E-state index contributed by atoms with van der Waals surface area (Å²) in [7, 11) is 0. The smallest absolute Gasteiger partial charge is 0.424 e. The van der Waals surface area contributed by atoms with Gasteiger partial charge in [0, 0.05) is 22.9 Å². The van der Waals surface area contributed by atoms with Crippen LogP contribution in [0.5, 0.6) is 0 Å². The van der Waals surface area contributed by atoms with Crippen LogP contribution in [0, 0.1) is 0 Å². The van der Waals surface area contributed by atoms with Gasteiger partial charge in [0.15, 0.2) is 0 Å². The van der Waals surface area contributed by atoms with Gasteiger partial charge in [0.1, 0.15) is 22.4 Å². The van der Waals surface area contributed by atoms with Crippen LogP contribution in [0.3, 0.4) is 0 Å². The highest BCUT2D eigenvalue weighted by Gasteiger charge is 2.45. The molecule has 0 atom stereocenters. The first kappa shape index (κ1) is 70.4. The maximum Gasteiger partial charge on any atom is 0.424 e. The molecule has 0 heterocycles. The van der Waals surface area contributed by atoms with Gasteiger partial charge in [-0.25, -0.2) is 19.2 Å². The number of rotatable bonds is 16. The average molecular weight is 1280 g/mol. The zero-order valence-corrected chi connectivity index (χ0v) is 55.8. The standard InChI is InChI=1S/C72H82N8O10S2/c1-67(2,3)87-63(83)77-61(75-45-43-73)79(65(85)89-69(7,8)9)59(81)55-47-58(92-72(52-37-25-16-26-38-52,53-39-27-17-28-40-53)54-41-29-18-30-42-54)56(60(82)80(66(86)90-70(10,11)12)62(76-46-44-74)78-64(84)88-68(4,5)6)48-57(55)91-71(49-31-19-13-20-32-49,50-33-21-14-22-34-50)51-35-23-15-24-36-51/h13-42,47-48H,43-46,73-74H2,1-12H3,(H,75,77,83)(H,76,78,84). The van der Waals surface area contributed by atoms with Gasteiger partial charge in [-0.05, 0) is 129 Å². The number of hydrogen-bond donors (Lipinski definition) is 4. The van der Waals surface area contributed by atoms with Crippen molar-refractivity contribution in [3.63, 3.8) is 0 Å². The Labute approximate surface area is 547 Å². The quantitative estimate of drug-likeness (QED) is 0.0231. The molecule has 7 aromatic carbocycles. The highest BCUT2D eigenvalue weighted by Crippen LogP contribution is 2.56. The van der Waals surface area contributed by atoms with E-state index in [-0.39, 0.29) is 47.1 Å². The first-order chi connectivity index (χ1) is 43.5. The summed E-state index contributed by atoms with van der Waals surface area (Å²) in [4.78, 5) is 103. The van der Waals surface area contributed by atoms with Crippen LogP contribution < -0.4 is 22.1 Å². The Bertz CT molecular complexity index is 3300. The van der Waals surface area contributed by atoms with E-state index in [1.54, 1.807) is 83.1 Å². The minimum atomic E-state index is -1.34. The molecule has 0 aliphatic carbocycles. The molecule has 482 valence electrons. The van der Waals surface area contributed by atoms with E-state index in [2.05, 4.69) is 20.6 Å². The number of carbonyl (C=O) groups is 6. The van der Waals surface area contributed by atoms with Crippen molar-refractivity contribution in [1.82, 2.24) is 20.4 Å². The molecule has 0 aromatic heterocycles. The number of nitrogens with zero attached hydrogens (tertiary/aromatic N) is 4. The Balaban J connectivity index is 1.75. The van der Waals surface area contributed by atoms with Gasteiger partial charge in [-0.1, -0.05) is 182 Å². The summed E-state index contributed by atoms with van der Waals surface area (Å²) in [6, 6.07) is 60.2. The second-order valence-electron chi connectivity index (χ2n) is 25.1. The van der Waals surface area contributed by atoms with E-state index in [1.807, 2.05) is 182 Å². The summed E-state index contributed by atoms with van der Waals surface area (Å²) >= 11 is 2.31. The summed E-state index contributed by atoms with van der Waals surface area (Å²) in [5, 5.41) is 5.14. The molecule has 7 rings (SSSR count). The monoisotopic (exact) mass is 1280 g/mol. The third-order valence-corrected chi connectivity index (χ3v) is 16.3. The van der Waals surface area contributed by atoms with Gasteiger partial charge in [0.25, 0.3) is 11.8 Å². The number of alkyl carbamates (subject to hydrolysis) is 2. The summed E-state index contributed by atoms with van der Waals surface area (Å²) in [5.74, 6) is -3.37. The number of nitrogens with one attached hydrogen (secondary N) is 2. The second kappa shape index (κ2) is 30.4. The van der Waals surface area contributed by atoms with Crippen molar-refractivity contribution in [3.05, 3.63) is 239 Å². The first-order valence-corrected chi connectivity index (χ1v) is 31.7. The highest BCUT2D eigenvalue weighted by atomic mass is 32.2. The van der Waals surface area contributed by atoms with Crippen LogP contribution in [0.1, 0.15) is 137 Å². The van der Waals surface area contributed by atoms with Crippen LogP contribution >= 0.6 is 23.5 Å².